The second-order valence-electron chi connectivity index (χ2n) is 21.4. The third-order valence-electron chi connectivity index (χ3n) is 14.4. The van der Waals surface area contributed by atoms with Crippen molar-refractivity contribution in [3.63, 3.8) is 0 Å². The van der Waals surface area contributed by atoms with Crippen LogP contribution in [0.1, 0.15) is 271 Å². The zero-order chi connectivity index (χ0) is 54.7. The fraction of sp³-hybridized carbons (Fsp3) is 0.812. The summed E-state index contributed by atoms with van der Waals surface area (Å²) < 4.78 is 17.6. The number of carbonyl (C=O) groups excluding carboxylic acids is 2. The molecule has 75 heavy (non-hydrogen) atoms. The van der Waals surface area contributed by atoms with Gasteiger partial charge in [0.2, 0.25) is 5.91 Å². The van der Waals surface area contributed by atoms with Crippen LogP contribution in [0, 0.1) is 0 Å². The SMILES string of the molecule is CCCCC/C=C\C/C=C\C/C=C\C/C=C\CCCCC(O)C(=O)NC(COC1OC(CO)C(O)C(O)C1OC(=O)CCCCCCCCCCCCCCCCC)C(O)/C=C/CCCCCCCCCCCCC. The Morgan fingerprint density at radius 1 is 0.520 bits per heavy atom. The number of allylic oxidation sites excluding steroid dienone is 9. The smallest absolute Gasteiger partial charge is 0.306 e. The van der Waals surface area contributed by atoms with Gasteiger partial charge in [-0.15, -0.1) is 0 Å². The van der Waals surface area contributed by atoms with Crippen molar-refractivity contribution in [2.24, 2.45) is 0 Å². The number of rotatable bonds is 52. The van der Waals surface area contributed by atoms with Crippen molar-refractivity contribution in [3.05, 3.63) is 60.8 Å². The predicted octanol–water partition coefficient (Wildman–Crippen LogP) is 14.6. The van der Waals surface area contributed by atoms with Gasteiger partial charge in [0.05, 0.1) is 25.4 Å². The van der Waals surface area contributed by atoms with Crippen LogP contribution in [0.3, 0.4) is 0 Å². The highest BCUT2D eigenvalue weighted by atomic mass is 16.7. The Labute approximate surface area is 458 Å². The van der Waals surface area contributed by atoms with Gasteiger partial charge in [0.15, 0.2) is 12.4 Å². The summed E-state index contributed by atoms with van der Waals surface area (Å²) in [7, 11) is 0. The van der Waals surface area contributed by atoms with Crippen molar-refractivity contribution < 1.29 is 49.3 Å². The number of aliphatic hydroxyl groups is 5. The van der Waals surface area contributed by atoms with Gasteiger partial charge in [-0.1, -0.05) is 255 Å². The third-order valence-corrected chi connectivity index (χ3v) is 14.4. The summed E-state index contributed by atoms with van der Waals surface area (Å²) in [5.41, 5.74) is 0. The second-order valence-corrected chi connectivity index (χ2v) is 21.4. The van der Waals surface area contributed by atoms with Crippen molar-refractivity contribution in [1.82, 2.24) is 5.32 Å². The number of nitrogens with one attached hydrogen (secondary N) is 1. The molecule has 0 radical (unpaired) electrons. The van der Waals surface area contributed by atoms with E-state index in [9.17, 15) is 35.1 Å². The van der Waals surface area contributed by atoms with Gasteiger partial charge in [-0.05, 0) is 70.6 Å². The predicted molar refractivity (Wildman–Crippen MR) is 310 cm³/mol. The number of unbranched alkanes of at least 4 members (excludes halogenated alkanes) is 30. The molecule has 1 fully saturated rings. The fourth-order valence-electron chi connectivity index (χ4n) is 9.46. The van der Waals surface area contributed by atoms with Crippen LogP contribution < -0.4 is 5.32 Å². The number of carbonyl (C=O) groups is 2. The van der Waals surface area contributed by atoms with Crippen LogP contribution in [-0.2, 0) is 23.8 Å². The molecule has 6 N–H and O–H groups in total. The van der Waals surface area contributed by atoms with Crippen LogP contribution in [0.4, 0.5) is 0 Å². The highest BCUT2D eigenvalue weighted by Gasteiger charge is 2.47. The van der Waals surface area contributed by atoms with Gasteiger partial charge >= 0.3 is 5.97 Å². The minimum Gasteiger partial charge on any atom is -0.454 e. The molecular formula is C64H115NO10. The second kappa shape index (κ2) is 52.1. The van der Waals surface area contributed by atoms with Gasteiger partial charge in [-0.25, -0.2) is 0 Å². The molecule has 11 nitrogen and oxygen atoms in total. The fourth-order valence-corrected chi connectivity index (χ4v) is 9.46. The lowest BCUT2D eigenvalue weighted by molar-refractivity contribution is -0.305. The molecule has 1 rings (SSSR count). The molecule has 1 amide bonds. The molecule has 436 valence electrons. The summed E-state index contributed by atoms with van der Waals surface area (Å²) >= 11 is 0. The van der Waals surface area contributed by atoms with E-state index in [-0.39, 0.29) is 19.4 Å². The van der Waals surface area contributed by atoms with Crippen LogP contribution in [0.2, 0.25) is 0 Å². The zero-order valence-electron chi connectivity index (χ0n) is 48.2. The summed E-state index contributed by atoms with van der Waals surface area (Å²) in [6.45, 7) is 5.75. The molecular weight excluding hydrogens is 943 g/mol. The summed E-state index contributed by atoms with van der Waals surface area (Å²) in [6.07, 6.45) is 54.0. The van der Waals surface area contributed by atoms with Gasteiger partial charge in [-0.2, -0.15) is 0 Å². The summed E-state index contributed by atoms with van der Waals surface area (Å²) in [4.78, 5) is 26.5. The zero-order valence-corrected chi connectivity index (χ0v) is 48.2. The average Bonchev–Trinajstić information content (AvgIpc) is 3.41. The van der Waals surface area contributed by atoms with Crippen molar-refractivity contribution >= 4 is 11.9 Å². The Hall–Kier alpha value is -2.64. The molecule has 0 aromatic rings. The molecule has 1 heterocycles. The van der Waals surface area contributed by atoms with Gasteiger partial charge in [0.1, 0.15) is 24.4 Å². The molecule has 8 unspecified atom stereocenters. The van der Waals surface area contributed by atoms with E-state index in [1.54, 1.807) is 6.08 Å². The molecule has 1 saturated heterocycles. The van der Waals surface area contributed by atoms with Crippen molar-refractivity contribution in [3.8, 4) is 0 Å². The first-order valence-electron chi connectivity index (χ1n) is 31.1. The largest absolute Gasteiger partial charge is 0.454 e. The first-order chi connectivity index (χ1) is 36.7. The van der Waals surface area contributed by atoms with E-state index < -0.39 is 67.4 Å². The van der Waals surface area contributed by atoms with Crippen LogP contribution in [0.25, 0.3) is 0 Å². The van der Waals surface area contributed by atoms with E-state index in [0.717, 1.165) is 77.0 Å². The van der Waals surface area contributed by atoms with E-state index in [4.69, 9.17) is 14.2 Å². The highest BCUT2D eigenvalue weighted by Crippen LogP contribution is 2.26. The molecule has 0 aromatic heterocycles. The maximum atomic E-state index is 13.4. The number of hydrogen-bond donors (Lipinski definition) is 6. The summed E-state index contributed by atoms with van der Waals surface area (Å²) in [5.74, 6) is -1.22. The third kappa shape index (κ3) is 40.2. The highest BCUT2D eigenvalue weighted by molar-refractivity contribution is 5.80. The normalized spacial score (nSPS) is 19.6. The number of esters is 1. The Morgan fingerprint density at radius 3 is 1.40 bits per heavy atom. The van der Waals surface area contributed by atoms with Crippen molar-refractivity contribution in [1.29, 1.82) is 0 Å². The first-order valence-corrected chi connectivity index (χ1v) is 31.1. The number of amides is 1. The molecule has 0 bridgehead atoms. The Morgan fingerprint density at radius 2 is 0.920 bits per heavy atom. The lowest BCUT2D eigenvalue weighted by Crippen LogP contribution is -2.61. The van der Waals surface area contributed by atoms with Crippen LogP contribution in [0.15, 0.2) is 60.8 Å². The molecule has 0 spiro atoms. The lowest BCUT2D eigenvalue weighted by atomic mass is 9.99. The molecule has 1 aliphatic rings. The number of aliphatic hydroxyl groups excluding tert-OH is 5. The van der Waals surface area contributed by atoms with Gasteiger partial charge in [-0.3, -0.25) is 9.59 Å². The van der Waals surface area contributed by atoms with E-state index in [1.165, 1.54) is 148 Å². The van der Waals surface area contributed by atoms with Crippen molar-refractivity contribution in [2.75, 3.05) is 13.2 Å². The molecule has 0 saturated carbocycles. The summed E-state index contributed by atoms with van der Waals surface area (Å²) in [6, 6.07) is -1.04. The van der Waals surface area contributed by atoms with E-state index in [1.807, 2.05) is 6.08 Å². The van der Waals surface area contributed by atoms with Gasteiger partial charge < -0.3 is 45.1 Å². The van der Waals surface area contributed by atoms with E-state index >= 15 is 0 Å². The molecule has 0 aliphatic carbocycles. The van der Waals surface area contributed by atoms with Crippen LogP contribution in [-0.4, -0.2) is 99.6 Å². The van der Waals surface area contributed by atoms with E-state index in [2.05, 4.69) is 74.7 Å². The topological polar surface area (TPSA) is 175 Å². The van der Waals surface area contributed by atoms with Crippen LogP contribution >= 0.6 is 0 Å². The van der Waals surface area contributed by atoms with E-state index in [0.29, 0.717) is 12.8 Å². The van der Waals surface area contributed by atoms with Crippen LogP contribution in [0.5, 0.6) is 0 Å². The van der Waals surface area contributed by atoms with Gasteiger partial charge in [0, 0.05) is 6.42 Å². The molecule has 0 aromatic carbocycles. The monoisotopic (exact) mass is 1060 g/mol. The van der Waals surface area contributed by atoms with Crippen molar-refractivity contribution in [2.45, 2.75) is 320 Å². The Kier molecular flexibility index (Phi) is 48.9. The minimum atomic E-state index is -1.62. The minimum absolute atomic E-state index is 0.122. The summed E-state index contributed by atoms with van der Waals surface area (Å²) in [5, 5.41) is 56.9. The maximum absolute atomic E-state index is 13.4. The maximum Gasteiger partial charge on any atom is 0.306 e. The molecule has 8 atom stereocenters. The molecule has 11 heteroatoms. The van der Waals surface area contributed by atoms with Gasteiger partial charge in [0.25, 0.3) is 0 Å². The number of ether oxygens (including phenoxy) is 3. The standard InChI is InChI=1S/C64H115NO10/c1-4-7-10-13-16-19-22-25-27-28-29-31-33-36-39-42-45-48-51-57(68)63(72)65-55(56(67)50-47-44-41-38-35-32-24-21-18-15-12-9-6-3)54-73-64-62(61(71)60(70)58(53-66)74-64)75-59(69)52-49-46-43-40-37-34-30-26-23-20-17-14-11-8-5-2/h16,19,25,27,29,31,36,39,47,50,55-58,60-62,64,66-68,70-71H,4-15,17-18,20-24,26,28,30,32-35,37-38,40-46,48-49,51-54H2,1-3H3,(H,65,72)/b19-16-,27-25-,31-29-,39-36-,50-47+. The first kappa shape index (κ1) is 70.4. The lowest BCUT2D eigenvalue weighted by Gasteiger charge is -2.41. The number of hydrogen-bond acceptors (Lipinski definition) is 10. The Bertz CT molecular complexity index is 1450. The Balaban J connectivity index is 2.73. The quantitative estimate of drug-likeness (QED) is 0.0195. The molecule has 1 aliphatic heterocycles. The average molecular weight is 1060 g/mol.